The third-order valence-electron chi connectivity index (χ3n) is 3.20. The molecule has 0 aliphatic carbocycles. The van der Waals surface area contributed by atoms with Crippen LogP contribution in [0.1, 0.15) is 25.6 Å². The first-order valence-corrected chi connectivity index (χ1v) is 6.98. The van der Waals surface area contributed by atoms with Crippen molar-refractivity contribution in [3.8, 4) is 0 Å². The lowest BCUT2D eigenvalue weighted by Gasteiger charge is -2.08. The zero-order valence-electron chi connectivity index (χ0n) is 12.1. The van der Waals surface area contributed by atoms with Crippen LogP contribution in [0, 0.1) is 0 Å². The number of nitrogens with zero attached hydrogens (tertiary/aromatic N) is 2. The van der Waals surface area contributed by atoms with Crippen LogP contribution in [0.2, 0.25) is 0 Å². The molecule has 0 bridgehead atoms. The van der Waals surface area contributed by atoms with E-state index < -0.39 is 0 Å². The molecule has 0 atom stereocenters. The number of ether oxygens (including phenoxy) is 1. The lowest BCUT2D eigenvalue weighted by atomic mass is 10.3. The van der Waals surface area contributed by atoms with E-state index in [1.54, 1.807) is 0 Å². The van der Waals surface area contributed by atoms with Gasteiger partial charge in [-0.1, -0.05) is 19.1 Å². The molecule has 2 aromatic rings. The van der Waals surface area contributed by atoms with Crippen LogP contribution in [0.25, 0.3) is 11.0 Å². The number of para-hydroxylation sites is 2. The van der Waals surface area contributed by atoms with Crippen molar-refractivity contribution in [2.24, 2.45) is 0 Å². The Hall–Kier alpha value is -1.88. The van der Waals surface area contributed by atoms with E-state index in [0.29, 0.717) is 19.5 Å². The molecule has 1 aromatic heterocycles. The van der Waals surface area contributed by atoms with Crippen LogP contribution in [-0.4, -0.2) is 29.2 Å². The molecule has 1 aromatic carbocycles. The summed E-state index contributed by atoms with van der Waals surface area (Å²) in [5, 5.41) is 3.24. The van der Waals surface area contributed by atoms with E-state index >= 15 is 0 Å². The third kappa shape index (κ3) is 3.36. The van der Waals surface area contributed by atoms with Crippen molar-refractivity contribution in [3.05, 3.63) is 30.1 Å². The fourth-order valence-corrected chi connectivity index (χ4v) is 2.23. The highest BCUT2D eigenvalue weighted by molar-refractivity contribution is 5.75. The van der Waals surface area contributed by atoms with E-state index in [4.69, 9.17) is 0 Å². The van der Waals surface area contributed by atoms with Gasteiger partial charge in [0.2, 0.25) is 0 Å². The predicted molar refractivity (Wildman–Crippen MR) is 78.4 cm³/mol. The van der Waals surface area contributed by atoms with Crippen LogP contribution in [0.3, 0.4) is 0 Å². The van der Waals surface area contributed by atoms with E-state index in [2.05, 4.69) is 32.6 Å². The molecule has 0 aliphatic heterocycles. The summed E-state index contributed by atoms with van der Waals surface area (Å²) in [5.74, 6) is 0.817. The molecule has 5 heteroatoms. The second kappa shape index (κ2) is 7.05. The standard InChI is InChI=1S/C15H21N3O2/c1-3-10-18-13-7-5-4-6-12(13)17-14(18)11-16-9-8-15(19)20-2/h4-7,16H,3,8-11H2,1-2H3. The number of methoxy groups -OCH3 is 1. The summed E-state index contributed by atoms with van der Waals surface area (Å²) in [7, 11) is 1.41. The van der Waals surface area contributed by atoms with Crippen LogP contribution in [0.5, 0.6) is 0 Å². The van der Waals surface area contributed by atoms with E-state index in [9.17, 15) is 4.79 Å². The fourth-order valence-electron chi connectivity index (χ4n) is 2.23. The maximum absolute atomic E-state index is 11.1. The Bertz CT molecular complexity index is 578. The average molecular weight is 275 g/mol. The van der Waals surface area contributed by atoms with E-state index in [0.717, 1.165) is 24.3 Å². The molecule has 0 saturated carbocycles. The van der Waals surface area contributed by atoms with Gasteiger partial charge in [-0.25, -0.2) is 4.98 Å². The number of esters is 1. The fraction of sp³-hybridized carbons (Fsp3) is 0.467. The minimum absolute atomic E-state index is 0.195. The number of fused-ring (bicyclic) bond motifs is 1. The maximum Gasteiger partial charge on any atom is 0.306 e. The lowest BCUT2D eigenvalue weighted by Crippen LogP contribution is -2.20. The number of hydrogen-bond donors (Lipinski definition) is 1. The van der Waals surface area contributed by atoms with Crippen LogP contribution in [0.4, 0.5) is 0 Å². The van der Waals surface area contributed by atoms with Crippen molar-refractivity contribution < 1.29 is 9.53 Å². The van der Waals surface area contributed by atoms with Crippen LogP contribution in [-0.2, 0) is 22.6 Å². The molecule has 2 rings (SSSR count). The Morgan fingerprint density at radius 2 is 2.20 bits per heavy atom. The minimum atomic E-state index is -0.195. The number of benzene rings is 1. The van der Waals surface area contributed by atoms with Gasteiger partial charge in [0.25, 0.3) is 0 Å². The van der Waals surface area contributed by atoms with Gasteiger partial charge in [-0.2, -0.15) is 0 Å². The highest BCUT2D eigenvalue weighted by Crippen LogP contribution is 2.16. The van der Waals surface area contributed by atoms with Gasteiger partial charge >= 0.3 is 5.97 Å². The number of carbonyl (C=O) groups excluding carboxylic acids is 1. The summed E-state index contributed by atoms with van der Waals surface area (Å²) >= 11 is 0. The van der Waals surface area contributed by atoms with Crippen molar-refractivity contribution in [2.45, 2.75) is 32.9 Å². The molecule has 108 valence electrons. The van der Waals surface area contributed by atoms with E-state index in [-0.39, 0.29) is 5.97 Å². The van der Waals surface area contributed by atoms with Crippen LogP contribution < -0.4 is 5.32 Å². The van der Waals surface area contributed by atoms with Crippen molar-refractivity contribution in [3.63, 3.8) is 0 Å². The topological polar surface area (TPSA) is 56.2 Å². The first-order valence-electron chi connectivity index (χ1n) is 6.98. The van der Waals surface area contributed by atoms with Gasteiger partial charge in [0.15, 0.2) is 0 Å². The van der Waals surface area contributed by atoms with Crippen molar-refractivity contribution >= 4 is 17.0 Å². The van der Waals surface area contributed by atoms with Crippen molar-refractivity contribution in [1.29, 1.82) is 0 Å². The number of rotatable bonds is 7. The summed E-state index contributed by atoms with van der Waals surface area (Å²) in [4.78, 5) is 15.7. The zero-order valence-corrected chi connectivity index (χ0v) is 12.1. The first-order chi connectivity index (χ1) is 9.76. The molecule has 0 amide bonds. The molecule has 1 heterocycles. The number of hydrogen-bond acceptors (Lipinski definition) is 4. The van der Waals surface area contributed by atoms with Gasteiger partial charge in [-0.05, 0) is 18.6 Å². The summed E-state index contributed by atoms with van der Waals surface area (Å²) in [5.41, 5.74) is 2.19. The summed E-state index contributed by atoms with van der Waals surface area (Å²) in [6, 6.07) is 8.15. The summed E-state index contributed by atoms with van der Waals surface area (Å²) in [6.07, 6.45) is 1.44. The van der Waals surface area contributed by atoms with Crippen molar-refractivity contribution in [1.82, 2.24) is 14.9 Å². The third-order valence-corrected chi connectivity index (χ3v) is 3.20. The average Bonchev–Trinajstić information content (AvgIpc) is 2.82. The smallest absolute Gasteiger partial charge is 0.306 e. The molecular formula is C15H21N3O2. The Morgan fingerprint density at radius 3 is 2.95 bits per heavy atom. The van der Waals surface area contributed by atoms with Crippen LogP contribution >= 0.6 is 0 Å². The Labute approximate surface area is 118 Å². The molecule has 0 aliphatic rings. The van der Waals surface area contributed by atoms with Gasteiger partial charge < -0.3 is 14.6 Å². The van der Waals surface area contributed by atoms with Gasteiger partial charge in [-0.3, -0.25) is 4.79 Å². The second-order valence-corrected chi connectivity index (χ2v) is 4.67. The number of aromatic nitrogens is 2. The summed E-state index contributed by atoms with van der Waals surface area (Å²) in [6.45, 7) is 4.37. The highest BCUT2D eigenvalue weighted by atomic mass is 16.5. The molecule has 0 radical (unpaired) electrons. The van der Waals surface area contributed by atoms with E-state index in [1.165, 1.54) is 12.6 Å². The number of aryl methyl sites for hydroxylation is 1. The van der Waals surface area contributed by atoms with Gasteiger partial charge in [0.1, 0.15) is 5.82 Å². The predicted octanol–water partition coefficient (Wildman–Crippen LogP) is 2.10. The SMILES string of the molecule is CCCn1c(CNCCC(=O)OC)nc2ccccc21. The molecule has 0 spiro atoms. The molecular weight excluding hydrogens is 254 g/mol. The second-order valence-electron chi connectivity index (χ2n) is 4.67. The number of carbonyl (C=O) groups is 1. The Morgan fingerprint density at radius 1 is 1.40 bits per heavy atom. The van der Waals surface area contributed by atoms with Gasteiger partial charge in [0.05, 0.1) is 31.1 Å². The zero-order chi connectivity index (χ0) is 14.4. The molecule has 0 unspecified atom stereocenters. The minimum Gasteiger partial charge on any atom is -0.469 e. The maximum atomic E-state index is 11.1. The first kappa shape index (κ1) is 14.5. The quantitative estimate of drug-likeness (QED) is 0.621. The molecule has 0 saturated heterocycles. The molecule has 20 heavy (non-hydrogen) atoms. The monoisotopic (exact) mass is 275 g/mol. The van der Waals surface area contributed by atoms with Gasteiger partial charge in [0, 0.05) is 13.1 Å². The molecule has 5 nitrogen and oxygen atoms in total. The normalized spacial score (nSPS) is 10.9. The highest BCUT2D eigenvalue weighted by Gasteiger charge is 2.09. The van der Waals surface area contributed by atoms with Crippen LogP contribution in [0.15, 0.2) is 24.3 Å². The Kier molecular flexibility index (Phi) is 5.12. The lowest BCUT2D eigenvalue weighted by molar-refractivity contribution is -0.140. The van der Waals surface area contributed by atoms with Gasteiger partial charge in [-0.15, -0.1) is 0 Å². The van der Waals surface area contributed by atoms with E-state index in [1.807, 2.05) is 18.2 Å². The number of imidazole rings is 1. The Balaban J connectivity index is 2.05. The molecule has 1 N–H and O–H groups in total. The largest absolute Gasteiger partial charge is 0.469 e. The molecule has 0 fully saturated rings. The number of nitrogens with one attached hydrogen (secondary N) is 1. The van der Waals surface area contributed by atoms with Crippen molar-refractivity contribution in [2.75, 3.05) is 13.7 Å². The summed E-state index contributed by atoms with van der Waals surface area (Å²) < 4.78 is 6.85.